The van der Waals surface area contributed by atoms with Crippen molar-refractivity contribution in [1.29, 1.82) is 0 Å². The van der Waals surface area contributed by atoms with Gasteiger partial charge in [0.05, 0.1) is 5.92 Å². The maximum absolute atomic E-state index is 13.2. The average molecular weight is 428 g/mol. The summed E-state index contributed by atoms with van der Waals surface area (Å²) in [6.07, 6.45) is 1.15. The molecule has 3 aromatic rings. The first-order valence-corrected chi connectivity index (χ1v) is 10.9. The van der Waals surface area contributed by atoms with Crippen molar-refractivity contribution in [3.05, 3.63) is 48.0 Å². The second-order valence-electron chi connectivity index (χ2n) is 7.21. The fourth-order valence-corrected chi connectivity index (χ4v) is 5.20. The Morgan fingerprint density at radius 1 is 1.13 bits per heavy atom. The second-order valence-corrected chi connectivity index (χ2v) is 9.12. The van der Waals surface area contributed by atoms with Gasteiger partial charge < -0.3 is 5.32 Å². The molecule has 156 valence electrons. The molecule has 1 saturated heterocycles. The molecule has 0 saturated carbocycles. The normalized spacial score (nSPS) is 17.7. The SMILES string of the molecule is CC(=O)c1ccc(NC(=O)[C@@H]2CCCN(S(=O)(=O)c3cccc4nonc34)C2)cc1. The summed E-state index contributed by atoms with van der Waals surface area (Å²) in [6, 6.07) is 11.3. The van der Waals surface area contributed by atoms with E-state index in [-0.39, 0.29) is 28.6 Å². The molecule has 0 aliphatic carbocycles. The molecular weight excluding hydrogens is 408 g/mol. The van der Waals surface area contributed by atoms with Crippen LogP contribution in [0.2, 0.25) is 0 Å². The van der Waals surface area contributed by atoms with Gasteiger partial charge in [0.15, 0.2) is 11.3 Å². The van der Waals surface area contributed by atoms with Gasteiger partial charge in [0.25, 0.3) is 0 Å². The molecule has 9 nitrogen and oxygen atoms in total. The van der Waals surface area contributed by atoms with Crippen LogP contribution in [0, 0.1) is 5.92 Å². The minimum absolute atomic E-state index is 0.0159. The zero-order chi connectivity index (χ0) is 21.3. The molecule has 2 aromatic carbocycles. The maximum atomic E-state index is 13.2. The van der Waals surface area contributed by atoms with Crippen molar-refractivity contribution in [2.45, 2.75) is 24.7 Å². The standard InChI is InChI=1S/C20H20N4O5S/c1-13(25)14-7-9-16(10-8-14)21-20(26)15-4-3-11-24(12-15)30(27,28)18-6-2-5-17-19(18)23-29-22-17/h2,5-10,15H,3-4,11-12H2,1H3,(H,21,26)/t15-/m1/s1. The number of ketones is 1. The van der Waals surface area contributed by atoms with Crippen LogP contribution in [-0.4, -0.2) is 47.8 Å². The van der Waals surface area contributed by atoms with Crippen molar-refractivity contribution in [3.8, 4) is 0 Å². The zero-order valence-corrected chi connectivity index (χ0v) is 17.1. The van der Waals surface area contributed by atoms with Gasteiger partial charge in [0.1, 0.15) is 10.4 Å². The van der Waals surface area contributed by atoms with Crippen molar-refractivity contribution >= 4 is 38.4 Å². The lowest BCUT2D eigenvalue weighted by atomic mass is 9.98. The molecule has 0 bridgehead atoms. The topological polar surface area (TPSA) is 122 Å². The number of nitrogens with zero attached hydrogens (tertiary/aromatic N) is 3. The summed E-state index contributed by atoms with van der Waals surface area (Å²) in [6.45, 7) is 1.86. The Morgan fingerprint density at radius 2 is 1.90 bits per heavy atom. The van der Waals surface area contributed by atoms with Crippen LogP contribution in [0.15, 0.2) is 52.0 Å². The van der Waals surface area contributed by atoms with E-state index in [1.807, 2.05) is 0 Å². The number of carbonyl (C=O) groups excluding carboxylic acids is 2. The van der Waals surface area contributed by atoms with Crippen LogP contribution in [0.3, 0.4) is 0 Å². The quantitative estimate of drug-likeness (QED) is 0.619. The van der Waals surface area contributed by atoms with Gasteiger partial charge >= 0.3 is 0 Å². The fraction of sp³-hybridized carbons (Fsp3) is 0.300. The Balaban J connectivity index is 1.50. The van der Waals surface area contributed by atoms with E-state index in [1.165, 1.54) is 17.3 Å². The number of aromatic nitrogens is 2. The van der Waals surface area contributed by atoms with E-state index >= 15 is 0 Å². The number of nitrogens with one attached hydrogen (secondary N) is 1. The fourth-order valence-electron chi connectivity index (χ4n) is 3.54. The third-order valence-corrected chi connectivity index (χ3v) is 7.08. The number of Topliss-reactive ketones (excluding diaryl/α,β-unsaturated/α-hetero) is 1. The number of anilines is 1. The van der Waals surface area contributed by atoms with Crippen LogP contribution >= 0.6 is 0 Å². The third-order valence-electron chi connectivity index (χ3n) is 5.18. The highest BCUT2D eigenvalue weighted by Crippen LogP contribution is 2.28. The summed E-state index contributed by atoms with van der Waals surface area (Å²) >= 11 is 0. The first kappa shape index (κ1) is 20.2. The van der Waals surface area contributed by atoms with Gasteiger partial charge in [-0.15, -0.1) is 0 Å². The Bertz CT molecular complexity index is 1200. The van der Waals surface area contributed by atoms with E-state index in [0.717, 1.165) is 0 Å². The Hall–Kier alpha value is -3.11. The first-order valence-electron chi connectivity index (χ1n) is 9.49. The highest BCUT2D eigenvalue weighted by Gasteiger charge is 2.34. The van der Waals surface area contributed by atoms with E-state index in [0.29, 0.717) is 36.2 Å². The first-order chi connectivity index (χ1) is 14.4. The lowest BCUT2D eigenvalue weighted by molar-refractivity contribution is -0.120. The Morgan fingerprint density at radius 3 is 2.63 bits per heavy atom. The summed E-state index contributed by atoms with van der Waals surface area (Å²) in [4.78, 5) is 24.1. The summed E-state index contributed by atoms with van der Waals surface area (Å²) in [5.74, 6) is -0.805. The number of amides is 1. The Labute approximate surface area is 173 Å². The van der Waals surface area contributed by atoms with Crippen LogP contribution < -0.4 is 5.32 Å². The van der Waals surface area contributed by atoms with Gasteiger partial charge in [0.2, 0.25) is 15.9 Å². The van der Waals surface area contributed by atoms with Gasteiger partial charge in [-0.1, -0.05) is 6.07 Å². The molecule has 1 aliphatic heterocycles. The number of benzene rings is 2. The molecule has 1 fully saturated rings. The van der Waals surface area contributed by atoms with E-state index < -0.39 is 15.9 Å². The van der Waals surface area contributed by atoms with E-state index in [4.69, 9.17) is 0 Å². The highest BCUT2D eigenvalue weighted by molar-refractivity contribution is 7.89. The molecule has 1 atom stereocenters. The van der Waals surface area contributed by atoms with E-state index in [2.05, 4.69) is 20.3 Å². The van der Waals surface area contributed by atoms with E-state index in [9.17, 15) is 18.0 Å². The average Bonchev–Trinajstić information content (AvgIpc) is 3.23. The molecular formula is C20H20N4O5S. The minimum atomic E-state index is -3.86. The van der Waals surface area contributed by atoms with Gasteiger partial charge in [-0.05, 0) is 66.5 Å². The number of piperidine rings is 1. The molecule has 4 rings (SSSR count). The number of hydrogen-bond donors (Lipinski definition) is 1. The number of fused-ring (bicyclic) bond motifs is 1. The van der Waals surface area contributed by atoms with Crippen molar-refractivity contribution < 1.29 is 22.6 Å². The number of carbonyl (C=O) groups is 2. The lowest BCUT2D eigenvalue weighted by Crippen LogP contribution is -2.43. The number of hydrogen-bond acceptors (Lipinski definition) is 7. The molecule has 0 radical (unpaired) electrons. The molecule has 0 spiro atoms. The molecule has 10 heteroatoms. The summed E-state index contributed by atoms with van der Waals surface area (Å²) in [7, 11) is -3.86. The summed E-state index contributed by atoms with van der Waals surface area (Å²) in [5.41, 5.74) is 1.65. The predicted octanol–water partition coefficient (Wildman–Crippen LogP) is 2.46. The highest BCUT2D eigenvalue weighted by atomic mass is 32.2. The third kappa shape index (κ3) is 3.83. The molecule has 1 aliphatic rings. The van der Waals surface area contributed by atoms with Crippen molar-refractivity contribution in [1.82, 2.24) is 14.6 Å². The van der Waals surface area contributed by atoms with Gasteiger partial charge in [-0.2, -0.15) is 4.31 Å². The second kappa shape index (κ2) is 7.96. The molecule has 1 amide bonds. The molecule has 1 aromatic heterocycles. The monoisotopic (exact) mass is 428 g/mol. The zero-order valence-electron chi connectivity index (χ0n) is 16.2. The maximum Gasteiger partial charge on any atom is 0.245 e. The molecule has 2 heterocycles. The molecule has 0 unspecified atom stereocenters. The summed E-state index contributed by atoms with van der Waals surface area (Å²) < 4.78 is 32.3. The van der Waals surface area contributed by atoms with Crippen LogP contribution in [0.25, 0.3) is 11.0 Å². The predicted molar refractivity (Wildman–Crippen MR) is 108 cm³/mol. The van der Waals surface area contributed by atoms with Gasteiger partial charge in [-0.25, -0.2) is 13.0 Å². The van der Waals surface area contributed by atoms with Crippen molar-refractivity contribution in [3.63, 3.8) is 0 Å². The summed E-state index contributed by atoms with van der Waals surface area (Å²) in [5, 5.41) is 10.2. The van der Waals surface area contributed by atoms with Crippen molar-refractivity contribution in [2.24, 2.45) is 5.92 Å². The molecule has 1 N–H and O–H groups in total. The largest absolute Gasteiger partial charge is 0.326 e. The Kier molecular flexibility index (Phi) is 5.35. The lowest BCUT2D eigenvalue weighted by Gasteiger charge is -2.31. The van der Waals surface area contributed by atoms with Crippen LogP contribution in [-0.2, 0) is 14.8 Å². The van der Waals surface area contributed by atoms with Gasteiger partial charge in [0, 0.05) is 24.3 Å². The number of rotatable bonds is 5. The van der Waals surface area contributed by atoms with E-state index in [1.54, 1.807) is 36.4 Å². The van der Waals surface area contributed by atoms with Gasteiger partial charge in [-0.3, -0.25) is 9.59 Å². The molecule has 30 heavy (non-hydrogen) atoms. The number of sulfonamides is 1. The van der Waals surface area contributed by atoms with Crippen LogP contribution in [0.5, 0.6) is 0 Å². The van der Waals surface area contributed by atoms with Crippen LogP contribution in [0.1, 0.15) is 30.1 Å². The van der Waals surface area contributed by atoms with Crippen molar-refractivity contribution in [2.75, 3.05) is 18.4 Å². The van der Waals surface area contributed by atoms with Crippen LogP contribution in [0.4, 0.5) is 5.69 Å². The smallest absolute Gasteiger partial charge is 0.245 e. The minimum Gasteiger partial charge on any atom is -0.326 e.